The molecule has 0 aliphatic carbocycles. The quantitative estimate of drug-likeness (QED) is 0.783. The second-order valence-electron chi connectivity index (χ2n) is 7.50. The maximum Gasteiger partial charge on any atom is 0.225 e. The second-order valence-corrected chi connectivity index (χ2v) is 7.50. The van der Waals surface area contributed by atoms with E-state index in [0.29, 0.717) is 32.2 Å². The molecule has 2 aliphatic heterocycles. The molecule has 0 atom stereocenters. The summed E-state index contributed by atoms with van der Waals surface area (Å²) in [5.74, 6) is 1.20. The summed E-state index contributed by atoms with van der Waals surface area (Å²) in [6.45, 7) is 3.70. The highest BCUT2D eigenvalue weighted by atomic mass is 35.5. The molecule has 2 fully saturated rings. The van der Waals surface area contributed by atoms with Crippen molar-refractivity contribution in [1.29, 1.82) is 0 Å². The number of nitrogens with zero attached hydrogens (tertiary/aromatic N) is 2. The predicted octanol–water partition coefficient (Wildman–Crippen LogP) is 2.33. The van der Waals surface area contributed by atoms with E-state index in [1.54, 1.807) is 0 Å². The molecule has 0 bridgehead atoms. The molecule has 0 saturated carbocycles. The monoisotopic (exact) mass is 409 g/mol. The highest BCUT2D eigenvalue weighted by Gasteiger charge is 2.31. The van der Waals surface area contributed by atoms with Gasteiger partial charge in [0.25, 0.3) is 0 Å². The molecule has 1 N–H and O–H groups in total. The first-order valence-corrected chi connectivity index (χ1v) is 10.1. The molecule has 0 unspecified atom stereocenters. The van der Waals surface area contributed by atoms with Gasteiger partial charge in [-0.3, -0.25) is 9.59 Å². The number of amides is 2. The van der Waals surface area contributed by atoms with E-state index < -0.39 is 0 Å². The third-order valence-electron chi connectivity index (χ3n) is 5.73. The lowest BCUT2D eigenvalue weighted by Crippen LogP contribution is -2.48. The van der Waals surface area contributed by atoms with Gasteiger partial charge in [-0.1, -0.05) is 18.2 Å². The average Bonchev–Trinajstić information content (AvgIpc) is 2.74. The molecule has 0 aromatic heterocycles. The molecule has 1 aromatic carbocycles. The summed E-state index contributed by atoms with van der Waals surface area (Å²) in [4.78, 5) is 29.0. The lowest BCUT2D eigenvalue weighted by atomic mass is 9.93. The number of benzene rings is 1. The lowest BCUT2D eigenvalue weighted by molar-refractivity contribution is -0.141. The van der Waals surface area contributed by atoms with E-state index in [2.05, 4.69) is 5.32 Å². The Labute approximate surface area is 174 Å². The largest absolute Gasteiger partial charge is 0.493 e. The Kier molecular flexibility index (Phi) is 9.06. The number of halogens is 1. The zero-order valence-corrected chi connectivity index (χ0v) is 17.5. The van der Waals surface area contributed by atoms with Crippen molar-refractivity contribution >= 4 is 24.2 Å². The molecule has 6 nitrogen and oxygen atoms in total. The summed E-state index contributed by atoms with van der Waals surface area (Å²) in [7, 11) is 1.94. The van der Waals surface area contributed by atoms with Crippen LogP contribution in [0.5, 0.6) is 5.75 Å². The van der Waals surface area contributed by atoms with Gasteiger partial charge in [0.2, 0.25) is 11.8 Å². The van der Waals surface area contributed by atoms with Gasteiger partial charge in [0, 0.05) is 32.1 Å². The van der Waals surface area contributed by atoms with Gasteiger partial charge in [-0.2, -0.15) is 0 Å². The van der Waals surface area contributed by atoms with Gasteiger partial charge in [0.15, 0.2) is 0 Å². The van der Waals surface area contributed by atoms with Gasteiger partial charge in [0.05, 0.1) is 13.0 Å². The third kappa shape index (κ3) is 6.11. The number of nitrogens with one attached hydrogen (secondary N) is 1. The fraction of sp³-hybridized carbons (Fsp3) is 0.619. The first-order valence-electron chi connectivity index (χ1n) is 10.1. The van der Waals surface area contributed by atoms with Crippen molar-refractivity contribution in [2.75, 3.05) is 39.8 Å². The molecule has 156 valence electrons. The molecule has 2 aliphatic rings. The van der Waals surface area contributed by atoms with Crippen molar-refractivity contribution in [2.24, 2.45) is 5.92 Å². The highest BCUT2D eigenvalue weighted by Crippen LogP contribution is 2.22. The van der Waals surface area contributed by atoms with Crippen LogP contribution in [0.1, 0.15) is 32.1 Å². The number of para-hydroxylation sites is 1. The van der Waals surface area contributed by atoms with Gasteiger partial charge < -0.3 is 19.9 Å². The zero-order valence-electron chi connectivity index (χ0n) is 16.6. The maximum absolute atomic E-state index is 12.8. The molecule has 1 aromatic rings. The van der Waals surface area contributed by atoms with Gasteiger partial charge in [0.1, 0.15) is 5.75 Å². The van der Waals surface area contributed by atoms with E-state index in [0.717, 1.165) is 44.5 Å². The first-order chi connectivity index (χ1) is 13.1. The molecular weight excluding hydrogens is 378 g/mol. The molecule has 28 heavy (non-hydrogen) atoms. The van der Waals surface area contributed by atoms with E-state index in [1.807, 2.05) is 47.2 Å². The Hall–Kier alpha value is -1.79. The van der Waals surface area contributed by atoms with Crippen molar-refractivity contribution in [3.8, 4) is 5.75 Å². The van der Waals surface area contributed by atoms with E-state index in [-0.39, 0.29) is 30.1 Å². The average molecular weight is 410 g/mol. The minimum absolute atomic E-state index is 0. The van der Waals surface area contributed by atoms with Crippen LogP contribution >= 0.6 is 12.4 Å². The molecule has 7 heteroatoms. The van der Waals surface area contributed by atoms with Crippen LogP contribution in [0.2, 0.25) is 0 Å². The fourth-order valence-corrected chi connectivity index (χ4v) is 3.97. The third-order valence-corrected chi connectivity index (χ3v) is 5.73. The minimum atomic E-state index is 0. The molecule has 0 radical (unpaired) electrons. The Balaban J connectivity index is 0.00000280. The standard InChI is InChI=1S/C21H31N3O3.ClH/c1-23(18-7-12-22-13-8-18)21(26)17-9-14-24(15-10-17)20(25)11-16-27-19-5-3-2-4-6-19;/h2-6,17-18,22H,7-16H2,1H3;1H. The first kappa shape index (κ1) is 22.5. The summed E-state index contributed by atoms with van der Waals surface area (Å²) < 4.78 is 5.61. The van der Waals surface area contributed by atoms with E-state index in [1.165, 1.54) is 0 Å². The van der Waals surface area contributed by atoms with E-state index >= 15 is 0 Å². The second kappa shape index (κ2) is 11.3. The number of carbonyl (C=O) groups is 2. The topological polar surface area (TPSA) is 61.9 Å². The molecule has 3 rings (SSSR count). The van der Waals surface area contributed by atoms with Gasteiger partial charge >= 0.3 is 0 Å². The van der Waals surface area contributed by atoms with Crippen LogP contribution in [0.4, 0.5) is 0 Å². The minimum Gasteiger partial charge on any atom is -0.493 e. The number of ether oxygens (including phenoxy) is 1. The van der Waals surface area contributed by atoms with Crippen molar-refractivity contribution in [3.05, 3.63) is 30.3 Å². The molecule has 2 amide bonds. The van der Waals surface area contributed by atoms with Gasteiger partial charge in [-0.15, -0.1) is 12.4 Å². The summed E-state index contributed by atoms with van der Waals surface area (Å²) in [5, 5.41) is 3.34. The molecule has 0 spiro atoms. The van der Waals surface area contributed by atoms with Crippen molar-refractivity contribution in [1.82, 2.24) is 15.1 Å². The van der Waals surface area contributed by atoms with E-state index in [4.69, 9.17) is 4.74 Å². The smallest absolute Gasteiger partial charge is 0.225 e. The van der Waals surface area contributed by atoms with Crippen LogP contribution in [0, 0.1) is 5.92 Å². The number of hydrogen-bond donors (Lipinski definition) is 1. The number of hydrogen-bond acceptors (Lipinski definition) is 4. The Bertz CT molecular complexity index is 615. The van der Waals surface area contributed by atoms with Crippen LogP contribution in [0.15, 0.2) is 30.3 Å². The van der Waals surface area contributed by atoms with Gasteiger partial charge in [-0.05, 0) is 50.9 Å². The number of piperidine rings is 2. The van der Waals surface area contributed by atoms with Gasteiger partial charge in [-0.25, -0.2) is 0 Å². The van der Waals surface area contributed by atoms with Crippen LogP contribution in [0.3, 0.4) is 0 Å². The fourth-order valence-electron chi connectivity index (χ4n) is 3.97. The Morgan fingerprint density at radius 2 is 1.75 bits per heavy atom. The van der Waals surface area contributed by atoms with Crippen molar-refractivity contribution in [3.63, 3.8) is 0 Å². The number of carbonyl (C=O) groups excluding carboxylic acids is 2. The maximum atomic E-state index is 12.8. The number of rotatable bonds is 6. The lowest BCUT2D eigenvalue weighted by Gasteiger charge is -2.37. The molecular formula is C21H32ClN3O3. The normalized spacial score (nSPS) is 18.2. The number of likely N-dealkylation sites (tertiary alicyclic amines) is 1. The Morgan fingerprint density at radius 3 is 2.39 bits per heavy atom. The summed E-state index contributed by atoms with van der Waals surface area (Å²) in [5.41, 5.74) is 0. The predicted molar refractivity (Wildman–Crippen MR) is 112 cm³/mol. The van der Waals surface area contributed by atoms with Crippen LogP contribution in [-0.2, 0) is 9.59 Å². The van der Waals surface area contributed by atoms with Crippen LogP contribution in [-0.4, -0.2) is 67.5 Å². The van der Waals surface area contributed by atoms with Crippen LogP contribution in [0.25, 0.3) is 0 Å². The molecule has 2 heterocycles. The zero-order chi connectivity index (χ0) is 19.1. The molecule has 2 saturated heterocycles. The summed E-state index contributed by atoms with van der Waals surface area (Å²) in [6.07, 6.45) is 3.96. The highest BCUT2D eigenvalue weighted by molar-refractivity contribution is 5.85. The summed E-state index contributed by atoms with van der Waals surface area (Å²) >= 11 is 0. The van der Waals surface area contributed by atoms with Crippen molar-refractivity contribution in [2.45, 2.75) is 38.1 Å². The van der Waals surface area contributed by atoms with Crippen molar-refractivity contribution < 1.29 is 14.3 Å². The van der Waals surface area contributed by atoms with Crippen LogP contribution < -0.4 is 10.1 Å². The Morgan fingerprint density at radius 1 is 1.11 bits per heavy atom. The van der Waals surface area contributed by atoms with E-state index in [9.17, 15) is 9.59 Å². The SMILES string of the molecule is CN(C(=O)C1CCN(C(=O)CCOc2ccccc2)CC1)C1CCNCC1.Cl. The summed E-state index contributed by atoms with van der Waals surface area (Å²) in [6, 6.07) is 9.90.